The summed E-state index contributed by atoms with van der Waals surface area (Å²) in [6.45, 7) is 9.67. The minimum absolute atomic E-state index is 0.102. The molecule has 0 saturated carbocycles. The lowest BCUT2D eigenvalue weighted by molar-refractivity contribution is 0.0227. The molecule has 0 aromatic carbocycles. The molecule has 0 aliphatic rings. The van der Waals surface area contributed by atoms with Gasteiger partial charge in [0.25, 0.3) is 0 Å². The molecule has 1 aromatic rings. The molecule has 1 unspecified atom stereocenters. The lowest BCUT2D eigenvalue weighted by atomic mass is 10.5. The molecule has 94 valence electrons. The maximum absolute atomic E-state index is 8.76. The second-order valence-corrected chi connectivity index (χ2v) is 11.5. The van der Waals surface area contributed by atoms with Gasteiger partial charge in [0.1, 0.15) is 12.3 Å². The zero-order valence-electron chi connectivity index (χ0n) is 10.7. The number of hydrogen-bond donors (Lipinski definition) is 0. The van der Waals surface area contributed by atoms with Gasteiger partial charge in [-0.25, -0.2) is 4.98 Å². The summed E-state index contributed by atoms with van der Waals surface area (Å²) in [5, 5.41) is 8.76. The average Bonchev–Trinajstić information content (AvgIpc) is 2.57. The Hall–Kier alpha value is -0.643. The Morgan fingerprint density at radius 2 is 2.24 bits per heavy atom. The van der Waals surface area contributed by atoms with Crippen molar-refractivity contribution in [1.29, 1.82) is 5.26 Å². The summed E-state index contributed by atoms with van der Waals surface area (Å²) in [7, 11) is -1.05. The summed E-state index contributed by atoms with van der Waals surface area (Å²) in [5.41, 5.74) is 0.400. The molecule has 6 heteroatoms. The van der Waals surface area contributed by atoms with E-state index >= 15 is 0 Å². The van der Waals surface area contributed by atoms with Gasteiger partial charge in [0.2, 0.25) is 0 Å². The maximum Gasteiger partial charge on any atom is 0.180 e. The van der Waals surface area contributed by atoms with Crippen molar-refractivity contribution < 1.29 is 4.74 Å². The number of nitriles is 1. The predicted molar refractivity (Wildman–Crippen MR) is 73.5 cm³/mol. The molecule has 0 bridgehead atoms. The SMILES string of the molecule is CC(OCC[Si](C)(C)C)n1cc(C#N)nc1Br. The molecular weight excluding hydrogens is 298 g/mol. The molecule has 1 aromatic heterocycles. The number of hydrogen-bond acceptors (Lipinski definition) is 3. The summed E-state index contributed by atoms with van der Waals surface area (Å²) in [4.78, 5) is 4.05. The smallest absolute Gasteiger partial charge is 0.180 e. The third-order valence-corrected chi connectivity index (χ3v) is 4.70. The fourth-order valence-electron chi connectivity index (χ4n) is 1.30. The van der Waals surface area contributed by atoms with E-state index in [4.69, 9.17) is 10.00 Å². The van der Waals surface area contributed by atoms with Crippen LogP contribution in [-0.2, 0) is 4.74 Å². The van der Waals surface area contributed by atoms with Crippen LogP contribution in [0, 0.1) is 11.3 Å². The van der Waals surface area contributed by atoms with Crippen LogP contribution >= 0.6 is 15.9 Å². The van der Waals surface area contributed by atoms with E-state index in [0.29, 0.717) is 10.4 Å². The molecule has 0 amide bonds. The van der Waals surface area contributed by atoms with E-state index < -0.39 is 8.07 Å². The topological polar surface area (TPSA) is 50.8 Å². The highest BCUT2D eigenvalue weighted by Gasteiger charge is 2.15. The van der Waals surface area contributed by atoms with Gasteiger partial charge in [0.05, 0.1) is 0 Å². The van der Waals surface area contributed by atoms with Crippen molar-refractivity contribution in [2.45, 2.75) is 38.8 Å². The summed E-state index contributed by atoms with van der Waals surface area (Å²) in [6, 6.07) is 3.15. The van der Waals surface area contributed by atoms with Crippen molar-refractivity contribution in [1.82, 2.24) is 9.55 Å². The van der Waals surface area contributed by atoms with Crippen LogP contribution in [0.5, 0.6) is 0 Å². The van der Waals surface area contributed by atoms with Gasteiger partial charge in [0.15, 0.2) is 10.4 Å². The monoisotopic (exact) mass is 315 g/mol. The molecule has 1 heterocycles. The first kappa shape index (κ1) is 14.4. The molecule has 0 fully saturated rings. The standard InChI is InChI=1S/C11H18BrN3OSi/c1-9(16-5-6-17(2,3)4)15-8-10(7-13)14-11(15)12/h8-9H,5-6H2,1-4H3. The summed E-state index contributed by atoms with van der Waals surface area (Å²) < 4.78 is 8.22. The Kier molecular flexibility index (Phi) is 4.92. The molecule has 0 N–H and O–H groups in total. The van der Waals surface area contributed by atoms with Crippen molar-refractivity contribution in [2.75, 3.05) is 6.61 Å². The van der Waals surface area contributed by atoms with Crippen molar-refractivity contribution in [2.24, 2.45) is 0 Å². The van der Waals surface area contributed by atoms with Crippen molar-refractivity contribution in [3.63, 3.8) is 0 Å². The first-order valence-corrected chi connectivity index (χ1v) is 10.1. The lowest BCUT2D eigenvalue weighted by Gasteiger charge is -2.19. The molecule has 0 aliphatic carbocycles. The molecule has 4 nitrogen and oxygen atoms in total. The molecule has 1 rings (SSSR count). The lowest BCUT2D eigenvalue weighted by Crippen LogP contribution is -2.22. The van der Waals surface area contributed by atoms with Crippen LogP contribution in [0.4, 0.5) is 0 Å². The van der Waals surface area contributed by atoms with Crippen LogP contribution < -0.4 is 0 Å². The normalized spacial score (nSPS) is 13.4. The Labute approximate surface area is 112 Å². The maximum atomic E-state index is 8.76. The van der Waals surface area contributed by atoms with Crippen LogP contribution in [0.25, 0.3) is 0 Å². The number of aromatic nitrogens is 2. The van der Waals surface area contributed by atoms with Gasteiger partial charge in [-0.15, -0.1) is 0 Å². The quantitative estimate of drug-likeness (QED) is 0.782. The van der Waals surface area contributed by atoms with Crippen molar-refractivity contribution >= 4 is 24.0 Å². The second kappa shape index (κ2) is 5.80. The summed E-state index contributed by atoms with van der Waals surface area (Å²) in [5.74, 6) is 0. The number of ether oxygens (including phenoxy) is 1. The van der Waals surface area contributed by atoms with Crippen LogP contribution in [-0.4, -0.2) is 24.2 Å². The molecule has 0 radical (unpaired) electrons. The molecule has 17 heavy (non-hydrogen) atoms. The van der Waals surface area contributed by atoms with E-state index in [0.717, 1.165) is 12.7 Å². The van der Waals surface area contributed by atoms with E-state index in [9.17, 15) is 0 Å². The Balaban J connectivity index is 2.55. The molecule has 1 atom stereocenters. The van der Waals surface area contributed by atoms with Gasteiger partial charge in [-0.3, -0.25) is 4.57 Å². The highest BCUT2D eigenvalue weighted by molar-refractivity contribution is 9.10. The number of halogens is 1. The van der Waals surface area contributed by atoms with Gasteiger partial charge in [-0.05, 0) is 28.9 Å². The summed E-state index contributed by atoms with van der Waals surface area (Å²) >= 11 is 3.32. The van der Waals surface area contributed by atoms with Crippen LogP contribution in [0.3, 0.4) is 0 Å². The van der Waals surface area contributed by atoms with Gasteiger partial charge in [-0.1, -0.05) is 19.6 Å². The van der Waals surface area contributed by atoms with Crippen LogP contribution in [0.1, 0.15) is 18.8 Å². The van der Waals surface area contributed by atoms with Crippen molar-refractivity contribution in [3.8, 4) is 6.07 Å². The molecular formula is C11H18BrN3OSi. The molecule has 0 aliphatic heterocycles. The van der Waals surface area contributed by atoms with Crippen LogP contribution in [0.15, 0.2) is 10.9 Å². The van der Waals surface area contributed by atoms with Crippen molar-refractivity contribution in [3.05, 3.63) is 16.6 Å². The highest BCUT2D eigenvalue weighted by Crippen LogP contribution is 2.18. The summed E-state index contributed by atoms with van der Waals surface area (Å²) in [6.07, 6.45) is 1.60. The Morgan fingerprint density at radius 3 is 2.71 bits per heavy atom. The van der Waals surface area contributed by atoms with Gasteiger partial charge < -0.3 is 4.74 Å². The minimum atomic E-state index is -1.05. The number of nitrogens with zero attached hydrogens (tertiary/aromatic N) is 3. The zero-order chi connectivity index (χ0) is 13.1. The fourth-order valence-corrected chi connectivity index (χ4v) is 2.61. The Bertz CT molecular complexity index is 419. The highest BCUT2D eigenvalue weighted by atomic mass is 79.9. The second-order valence-electron chi connectivity index (χ2n) is 5.20. The largest absolute Gasteiger partial charge is 0.359 e. The first-order valence-electron chi connectivity index (χ1n) is 5.59. The van der Waals surface area contributed by atoms with E-state index in [2.05, 4.69) is 40.6 Å². The fraction of sp³-hybridized carbons (Fsp3) is 0.636. The first-order chi connectivity index (χ1) is 7.83. The van der Waals surface area contributed by atoms with Gasteiger partial charge >= 0.3 is 0 Å². The third kappa shape index (κ3) is 4.62. The van der Waals surface area contributed by atoms with E-state index in [-0.39, 0.29) is 6.23 Å². The third-order valence-electron chi connectivity index (χ3n) is 2.40. The van der Waals surface area contributed by atoms with Gasteiger partial charge in [-0.2, -0.15) is 5.26 Å². The number of imidazole rings is 1. The predicted octanol–water partition coefficient (Wildman–Crippen LogP) is 3.39. The van der Waals surface area contributed by atoms with E-state index in [1.54, 1.807) is 6.20 Å². The minimum Gasteiger partial charge on any atom is -0.359 e. The average molecular weight is 316 g/mol. The van der Waals surface area contributed by atoms with E-state index in [1.807, 2.05) is 17.6 Å². The van der Waals surface area contributed by atoms with Gasteiger partial charge in [0, 0.05) is 20.9 Å². The number of rotatable bonds is 5. The van der Waals surface area contributed by atoms with Crippen LogP contribution in [0.2, 0.25) is 25.7 Å². The zero-order valence-corrected chi connectivity index (χ0v) is 13.3. The Morgan fingerprint density at radius 1 is 1.59 bits per heavy atom. The molecule has 0 spiro atoms. The molecule has 0 saturated heterocycles. The van der Waals surface area contributed by atoms with E-state index in [1.165, 1.54) is 0 Å².